The summed E-state index contributed by atoms with van der Waals surface area (Å²) >= 11 is 0. The third-order valence-corrected chi connectivity index (χ3v) is 3.90. The molecule has 1 fully saturated rings. The number of nitrogens with zero attached hydrogens (tertiary/aromatic N) is 1. The van der Waals surface area contributed by atoms with Crippen molar-refractivity contribution in [2.45, 2.75) is 50.8 Å². The predicted octanol–water partition coefficient (Wildman–Crippen LogP) is -0.380. The van der Waals surface area contributed by atoms with Gasteiger partial charge in [0.25, 0.3) is 5.56 Å². The number of esters is 1. The van der Waals surface area contributed by atoms with Gasteiger partial charge in [-0.3, -0.25) is 23.9 Å². The fraction of sp³-hybridized carbons (Fsp3) is 0.600. The quantitative estimate of drug-likeness (QED) is 0.670. The number of H-pyrrole nitrogens is 1. The maximum atomic E-state index is 14.7. The average Bonchev–Trinajstić information content (AvgIpc) is 2.89. The Morgan fingerprint density at radius 2 is 2.12 bits per heavy atom. The Kier molecular flexibility index (Phi) is 6.07. The number of alkyl halides is 1. The lowest BCUT2D eigenvalue weighted by atomic mass is 10.1. The normalized spacial score (nSPS) is 25.6. The first-order valence-electron chi connectivity index (χ1n) is 7.88. The molecule has 1 unspecified atom stereocenters. The monoisotopic (exact) mass is 357 g/mol. The van der Waals surface area contributed by atoms with Crippen LogP contribution in [0, 0.1) is 0 Å². The van der Waals surface area contributed by atoms with Crippen LogP contribution in [-0.4, -0.2) is 46.9 Å². The maximum absolute atomic E-state index is 14.7. The molecule has 25 heavy (non-hydrogen) atoms. The van der Waals surface area contributed by atoms with Crippen LogP contribution in [0.3, 0.4) is 0 Å². The van der Waals surface area contributed by atoms with E-state index < -0.39 is 41.8 Å². The number of rotatable bonds is 6. The van der Waals surface area contributed by atoms with E-state index in [4.69, 9.17) is 9.47 Å². The van der Waals surface area contributed by atoms with Gasteiger partial charge in [0.05, 0.1) is 6.42 Å². The van der Waals surface area contributed by atoms with Gasteiger partial charge >= 0.3 is 11.7 Å². The Labute approximate surface area is 142 Å². The summed E-state index contributed by atoms with van der Waals surface area (Å²) in [5.74, 6) is -1.06. The van der Waals surface area contributed by atoms with Crippen molar-refractivity contribution in [2.75, 3.05) is 7.05 Å². The van der Waals surface area contributed by atoms with Crippen molar-refractivity contribution in [3.63, 3.8) is 0 Å². The van der Waals surface area contributed by atoms with Gasteiger partial charge in [0.1, 0.15) is 6.10 Å². The van der Waals surface area contributed by atoms with Crippen LogP contribution in [0.5, 0.6) is 0 Å². The first-order valence-corrected chi connectivity index (χ1v) is 7.88. The molecule has 2 heterocycles. The molecule has 1 amide bonds. The van der Waals surface area contributed by atoms with Crippen molar-refractivity contribution < 1.29 is 23.5 Å². The zero-order chi connectivity index (χ0) is 18.6. The largest absolute Gasteiger partial charge is 0.456 e. The second-order valence-corrected chi connectivity index (χ2v) is 5.56. The zero-order valence-corrected chi connectivity index (χ0v) is 13.9. The summed E-state index contributed by atoms with van der Waals surface area (Å²) in [5.41, 5.74) is -1.43. The van der Waals surface area contributed by atoms with E-state index in [2.05, 4.69) is 5.32 Å². The zero-order valence-electron chi connectivity index (χ0n) is 13.9. The molecule has 1 aliphatic rings. The molecule has 138 valence electrons. The van der Waals surface area contributed by atoms with Crippen LogP contribution < -0.4 is 16.6 Å². The molecule has 0 aliphatic carbocycles. The number of aromatic nitrogens is 2. The van der Waals surface area contributed by atoms with Gasteiger partial charge in [0.15, 0.2) is 18.5 Å². The van der Waals surface area contributed by atoms with E-state index >= 15 is 0 Å². The van der Waals surface area contributed by atoms with Gasteiger partial charge < -0.3 is 14.8 Å². The molecule has 9 nitrogen and oxygen atoms in total. The number of amides is 1. The number of hydrogen-bond donors (Lipinski definition) is 2. The van der Waals surface area contributed by atoms with Crippen LogP contribution in [0.15, 0.2) is 21.9 Å². The van der Waals surface area contributed by atoms with Gasteiger partial charge in [-0.05, 0) is 6.42 Å². The lowest BCUT2D eigenvalue weighted by Gasteiger charge is -2.18. The molecule has 0 aromatic carbocycles. The summed E-state index contributed by atoms with van der Waals surface area (Å²) in [5, 5.41) is 2.37. The molecule has 1 saturated heterocycles. The molecule has 0 spiro atoms. The second kappa shape index (κ2) is 8.06. The van der Waals surface area contributed by atoms with Crippen LogP contribution in [0.4, 0.5) is 4.39 Å². The number of ether oxygens (including phenoxy) is 2. The number of hydrogen-bond acceptors (Lipinski definition) is 6. The summed E-state index contributed by atoms with van der Waals surface area (Å²) in [4.78, 5) is 47.9. The number of aromatic amines is 1. The molecule has 1 aliphatic heterocycles. The molecule has 1 aromatic heterocycles. The van der Waals surface area contributed by atoms with E-state index in [-0.39, 0.29) is 18.7 Å². The van der Waals surface area contributed by atoms with Gasteiger partial charge in [0, 0.05) is 25.7 Å². The molecule has 0 saturated carbocycles. The minimum absolute atomic E-state index is 0.0700. The van der Waals surface area contributed by atoms with Gasteiger partial charge in [-0.15, -0.1) is 0 Å². The van der Waals surface area contributed by atoms with Crippen molar-refractivity contribution in [2.24, 2.45) is 0 Å². The molecule has 0 bridgehead atoms. The number of carbonyl (C=O) groups excluding carboxylic acids is 2. The van der Waals surface area contributed by atoms with Crippen LogP contribution in [0.25, 0.3) is 0 Å². The Morgan fingerprint density at radius 3 is 2.72 bits per heavy atom. The first kappa shape index (κ1) is 18.8. The molecule has 1 aromatic rings. The molecule has 0 radical (unpaired) electrons. The lowest BCUT2D eigenvalue weighted by Crippen LogP contribution is -2.37. The maximum Gasteiger partial charge on any atom is 0.330 e. The Balaban J connectivity index is 2.11. The van der Waals surface area contributed by atoms with E-state index in [1.54, 1.807) is 6.92 Å². The Hall–Kier alpha value is -2.49. The van der Waals surface area contributed by atoms with Crippen LogP contribution in [-0.2, 0) is 19.1 Å². The highest BCUT2D eigenvalue weighted by Crippen LogP contribution is 2.34. The van der Waals surface area contributed by atoms with Gasteiger partial charge in [-0.25, -0.2) is 9.18 Å². The standard InChI is InChI=1S/C15H20FN3O6/c1-3-8-13(25-11(22)5-4-9(20)17-2)12(16)14(24-8)19-7-6-10(21)18-15(19)23/h6-8,12-14H,3-5H2,1-2H3,(H,17,20)(H,18,21,23)/t8-,12?,13+,14-/m1/s1. The Bertz CT molecular complexity index is 745. The molecule has 2 N–H and O–H groups in total. The Morgan fingerprint density at radius 1 is 1.40 bits per heavy atom. The van der Waals surface area contributed by atoms with Crippen molar-refractivity contribution in [3.05, 3.63) is 33.1 Å². The van der Waals surface area contributed by atoms with E-state index in [9.17, 15) is 23.6 Å². The number of carbonyl (C=O) groups is 2. The molecular formula is C15H20FN3O6. The smallest absolute Gasteiger partial charge is 0.330 e. The van der Waals surface area contributed by atoms with Crippen LogP contribution in [0.2, 0.25) is 0 Å². The SMILES string of the molecule is CC[C@H]1O[C@@H](n2ccc(=O)[nH]c2=O)C(F)[C@H]1OC(=O)CCC(=O)NC. The summed E-state index contributed by atoms with van der Waals surface area (Å²) in [7, 11) is 1.44. The van der Waals surface area contributed by atoms with Gasteiger partial charge in [-0.2, -0.15) is 0 Å². The van der Waals surface area contributed by atoms with E-state index in [1.807, 2.05) is 4.98 Å². The molecule has 4 atom stereocenters. The van der Waals surface area contributed by atoms with E-state index in [1.165, 1.54) is 7.05 Å². The van der Waals surface area contributed by atoms with E-state index in [0.717, 1.165) is 16.8 Å². The molecule has 2 rings (SSSR count). The minimum Gasteiger partial charge on any atom is -0.456 e. The fourth-order valence-corrected chi connectivity index (χ4v) is 2.57. The summed E-state index contributed by atoms with van der Waals surface area (Å²) in [6.45, 7) is 1.72. The van der Waals surface area contributed by atoms with Crippen LogP contribution >= 0.6 is 0 Å². The van der Waals surface area contributed by atoms with Crippen LogP contribution in [0.1, 0.15) is 32.4 Å². The summed E-state index contributed by atoms with van der Waals surface area (Å²) in [6, 6.07) is 1.07. The second-order valence-electron chi connectivity index (χ2n) is 5.56. The van der Waals surface area contributed by atoms with Crippen molar-refractivity contribution in [1.82, 2.24) is 14.9 Å². The van der Waals surface area contributed by atoms with Crippen molar-refractivity contribution >= 4 is 11.9 Å². The fourth-order valence-electron chi connectivity index (χ4n) is 2.57. The molecule has 10 heteroatoms. The topological polar surface area (TPSA) is 119 Å². The van der Waals surface area contributed by atoms with E-state index in [0.29, 0.717) is 6.42 Å². The van der Waals surface area contributed by atoms with Crippen molar-refractivity contribution in [3.8, 4) is 0 Å². The highest BCUT2D eigenvalue weighted by atomic mass is 19.1. The minimum atomic E-state index is -1.79. The third-order valence-electron chi connectivity index (χ3n) is 3.90. The highest BCUT2D eigenvalue weighted by Gasteiger charge is 2.48. The highest BCUT2D eigenvalue weighted by molar-refractivity contribution is 5.81. The van der Waals surface area contributed by atoms with Gasteiger partial charge in [0.2, 0.25) is 5.91 Å². The third kappa shape index (κ3) is 4.32. The first-order chi connectivity index (χ1) is 11.9. The summed E-state index contributed by atoms with van der Waals surface area (Å²) < 4.78 is 26.3. The number of halogens is 1. The van der Waals surface area contributed by atoms with Gasteiger partial charge in [-0.1, -0.05) is 6.92 Å². The number of nitrogens with one attached hydrogen (secondary N) is 2. The average molecular weight is 357 g/mol. The lowest BCUT2D eigenvalue weighted by molar-refractivity contribution is -0.154. The predicted molar refractivity (Wildman–Crippen MR) is 83.6 cm³/mol. The molecular weight excluding hydrogens is 337 g/mol. The summed E-state index contributed by atoms with van der Waals surface area (Å²) in [6.07, 6.45) is -3.84. The van der Waals surface area contributed by atoms with Crippen molar-refractivity contribution in [1.29, 1.82) is 0 Å².